The Morgan fingerprint density at radius 1 is 0.762 bits per heavy atom. The summed E-state index contributed by atoms with van der Waals surface area (Å²) in [5.74, 6) is -1.55. The second-order valence-electron chi connectivity index (χ2n) is 6.51. The first-order chi connectivity index (χ1) is 10.1. The summed E-state index contributed by atoms with van der Waals surface area (Å²) in [5.41, 5.74) is -0.686. The summed E-state index contributed by atoms with van der Waals surface area (Å²) in [7, 11) is 0. The van der Waals surface area contributed by atoms with Crippen LogP contribution in [0.25, 0.3) is 0 Å². The SMILES string of the molecule is O=C(O)CCCC1(C(=O)O)CCCCCCCCCCC1. The molecule has 1 aliphatic rings. The Morgan fingerprint density at radius 2 is 1.19 bits per heavy atom. The Balaban J connectivity index is 2.63. The van der Waals surface area contributed by atoms with Crippen LogP contribution in [0.4, 0.5) is 0 Å². The van der Waals surface area contributed by atoms with E-state index in [1.807, 2.05) is 0 Å². The van der Waals surface area contributed by atoms with Crippen LogP contribution in [0.3, 0.4) is 0 Å². The molecule has 0 aliphatic heterocycles. The van der Waals surface area contributed by atoms with Crippen molar-refractivity contribution in [2.24, 2.45) is 5.41 Å². The fourth-order valence-electron chi connectivity index (χ4n) is 3.44. The first kappa shape index (κ1) is 18.0. The maximum atomic E-state index is 11.8. The van der Waals surface area contributed by atoms with E-state index in [9.17, 15) is 14.7 Å². The predicted molar refractivity (Wildman–Crippen MR) is 82.3 cm³/mol. The molecule has 122 valence electrons. The van der Waals surface area contributed by atoms with Crippen molar-refractivity contribution in [1.29, 1.82) is 0 Å². The van der Waals surface area contributed by atoms with E-state index in [-0.39, 0.29) is 6.42 Å². The molecule has 0 unspecified atom stereocenters. The van der Waals surface area contributed by atoms with Crippen molar-refractivity contribution in [3.05, 3.63) is 0 Å². The molecule has 0 aromatic carbocycles. The lowest BCUT2D eigenvalue weighted by Gasteiger charge is -2.30. The Bertz CT molecular complexity index is 313. The largest absolute Gasteiger partial charge is 0.481 e. The van der Waals surface area contributed by atoms with Crippen LogP contribution in [0.1, 0.15) is 89.9 Å². The third-order valence-electron chi connectivity index (χ3n) is 4.81. The van der Waals surface area contributed by atoms with E-state index < -0.39 is 17.4 Å². The number of carboxylic acids is 2. The zero-order chi connectivity index (χ0) is 15.6. The third kappa shape index (κ3) is 6.96. The monoisotopic (exact) mass is 298 g/mol. The van der Waals surface area contributed by atoms with Gasteiger partial charge in [0.2, 0.25) is 0 Å². The highest BCUT2D eigenvalue weighted by Crippen LogP contribution is 2.38. The minimum Gasteiger partial charge on any atom is -0.481 e. The number of carboxylic acid groups (broad SMARTS) is 2. The average Bonchev–Trinajstić information content (AvgIpc) is 2.41. The zero-order valence-corrected chi connectivity index (χ0v) is 13.1. The van der Waals surface area contributed by atoms with Crippen LogP contribution in [-0.4, -0.2) is 22.2 Å². The molecule has 0 aromatic heterocycles. The molecule has 0 atom stereocenters. The van der Waals surface area contributed by atoms with Crippen LogP contribution in [-0.2, 0) is 9.59 Å². The lowest BCUT2D eigenvalue weighted by Crippen LogP contribution is -2.31. The predicted octanol–water partition coefficient (Wildman–Crippen LogP) is 4.62. The summed E-state index contributed by atoms with van der Waals surface area (Å²) in [4.78, 5) is 22.5. The molecular weight excluding hydrogens is 268 g/mol. The zero-order valence-electron chi connectivity index (χ0n) is 13.1. The Hall–Kier alpha value is -1.06. The Kier molecular flexibility index (Phi) is 8.40. The van der Waals surface area contributed by atoms with E-state index >= 15 is 0 Å². The highest BCUT2D eigenvalue weighted by Gasteiger charge is 2.36. The van der Waals surface area contributed by atoms with Gasteiger partial charge < -0.3 is 10.2 Å². The number of hydrogen-bond donors (Lipinski definition) is 2. The van der Waals surface area contributed by atoms with Crippen molar-refractivity contribution in [3.63, 3.8) is 0 Å². The fourth-order valence-corrected chi connectivity index (χ4v) is 3.44. The summed E-state index contributed by atoms with van der Waals surface area (Å²) in [6.07, 6.45) is 12.8. The van der Waals surface area contributed by atoms with E-state index in [1.165, 1.54) is 32.1 Å². The van der Waals surface area contributed by atoms with Crippen LogP contribution in [0, 0.1) is 5.41 Å². The van der Waals surface area contributed by atoms with Crippen molar-refractivity contribution in [3.8, 4) is 0 Å². The molecule has 0 aromatic rings. The molecule has 0 bridgehead atoms. The Morgan fingerprint density at radius 3 is 1.57 bits per heavy atom. The summed E-state index contributed by atoms with van der Waals surface area (Å²) < 4.78 is 0. The topological polar surface area (TPSA) is 74.6 Å². The van der Waals surface area contributed by atoms with Crippen LogP contribution in [0.15, 0.2) is 0 Å². The summed E-state index contributed by atoms with van der Waals surface area (Å²) in [5, 5.41) is 18.5. The van der Waals surface area contributed by atoms with Gasteiger partial charge in [0.1, 0.15) is 0 Å². The highest BCUT2D eigenvalue weighted by molar-refractivity contribution is 5.74. The van der Waals surface area contributed by atoms with Gasteiger partial charge in [-0.25, -0.2) is 0 Å². The number of aliphatic carboxylic acids is 2. The third-order valence-corrected chi connectivity index (χ3v) is 4.81. The quantitative estimate of drug-likeness (QED) is 0.776. The lowest BCUT2D eigenvalue weighted by molar-refractivity contribution is -0.151. The molecule has 1 rings (SSSR count). The molecule has 2 N–H and O–H groups in total. The molecule has 1 aliphatic carbocycles. The maximum absolute atomic E-state index is 11.8. The van der Waals surface area contributed by atoms with Gasteiger partial charge in [-0.2, -0.15) is 0 Å². The molecular formula is C17H30O4. The normalized spacial score (nSPS) is 21.0. The summed E-state index contributed by atoms with van der Waals surface area (Å²) in [6.45, 7) is 0. The standard InChI is InChI=1S/C17H30O4/c18-15(19)11-10-14-17(16(20)21)12-8-6-4-2-1-3-5-7-9-13-17/h1-14H2,(H,18,19)(H,20,21). The van der Waals surface area contributed by atoms with E-state index in [4.69, 9.17) is 5.11 Å². The van der Waals surface area contributed by atoms with Crippen molar-refractivity contribution in [2.45, 2.75) is 89.9 Å². The van der Waals surface area contributed by atoms with Crippen molar-refractivity contribution in [1.82, 2.24) is 0 Å². The van der Waals surface area contributed by atoms with Crippen LogP contribution in [0.5, 0.6) is 0 Å². The van der Waals surface area contributed by atoms with Gasteiger partial charge in [-0.05, 0) is 25.7 Å². The van der Waals surface area contributed by atoms with E-state index in [0.717, 1.165) is 25.7 Å². The van der Waals surface area contributed by atoms with Gasteiger partial charge in [-0.15, -0.1) is 0 Å². The van der Waals surface area contributed by atoms with Gasteiger partial charge in [-0.1, -0.05) is 57.8 Å². The second-order valence-corrected chi connectivity index (χ2v) is 6.51. The lowest BCUT2D eigenvalue weighted by atomic mass is 9.74. The maximum Gasteiger partial charge on any atom is 0.309 e. The van der Waals surface area contributed by atoms with Crippen molar-refractivity contribution < 1.29 is 19.8 Å². The van der Waals surface area contributed by atoms with Crippen LogP contribution in [0.2, 0.25) is 0 Å². The highest BCUT2D eigenvalue weighted by atomic mass is 16.4. The van der Waals surface area contributed by atoms with Crippen molar-refractivity contribution >= 4 is 11.9 Å². The van der Waals surface area contributed by atoms with Gasteiger partial charge >= 0.3 is 11.9 Å². The molecule has 0 saturated heterocycles. The van der Waals surface area contributed by atoms with Gasteiger partial charge in [0.15, 0.2) is 0 Å². The van der Waals surface area contributed by atoms with E-state index in [2.05, 4.69) is 0 Å². The number of carbonyl (C=O) groups is 2. The van der Waals surface area contributed by atoms with Gasteiger partial charge in [-0.3, -0.25) is 9.59 Å². The molecule has 0 spiro atoms. The first-order valence-corrected chi connectivity index (χ1v) is 8.52. The minimum atomic E-state index is -0.830. The molecule has 1 fully saturated rings. The molecule has 0 amide bonds. The van der Waals surface area contributed by atoms with Gasteiger partial charge in [0.05, 0.1) is 5.41 Å². The smallest absolute Gasteiger partial charge is 0.309 e. The van der Waals surface area contributed by atoms with E-state index in [1.54, 1.807) is 0 Å². The molecule has 0 radical (unpaired) electrons. The molecule has 4 nitrogen and oxygen atoms in total. The first-order valence-electron chi connectivity index (χ1n) is 8.52. The van der Waals surface area contributed by atoms with Crippen LogP contribution >= 0.6 is 0 Å². The Labute approximate surface area is 127 Å². The van der Waals surface area contributed by atoms with Gasteiger partial charge in [0, 0.05) is 6.42 Å². The van der Waals surface area contributed by atoms with E-state index in [0.29, 0.717) is 25.7 Å². The van der Waals surface area contributed by atoms with Crippen molar-refractivity contribution in [2.75, 3.05) is 0 Å². The minimum absolute atomic E-state index is 0.0784. The number of rotatable bonds is 5. The molecule has 1 saturated carbocycles. The van der Waals surface area contributed by atoms with Crippen LogP contribution < -0.4 is 0 Å². The molecule has 21 heavy (non-hydrogen) atoms. The fraction of sp³-hybridized carbons (Fsp3) is 0.882. The molecule has 0 heterocycles. The summed E-state index contributed by atoms with van der Waals surface area (Å²) in [6, 6.07) is 0. The molecule has 4 heteroatoms. The second kappa shape index (κ2) is 9.80. The average molecular weight is 298 g/mol. The van der Waals surface area contributed by atoms with Gasteiger partial charge in [0.25, 0.3) is 0 Å². The number of hydrogen-bond acceptors (Lipinski definition) is 2. The summed E-state index contributed by atoms with van der Waals surface area (Å²) >= 11 is 0.